The zero-order chi connectivity index (χ0) is 24.2. The van der Waals surface area contributed by atoms with Gasteiger partial charge in [0.1, 0.15) is 5.71 Å². The van der Waals surface area contributed by atoms with Crippen LogP contribution in [0.15, 0.2) is 48.5 Å². The predicted octanol–water partition coefficient (Wildman–Crippen LogP) is 5.28. The number of halogens is 3. The molecule has 0 bridgehead atoms. The van der Waals surface area contributed by atoms with Gasteiger partial charge in [0.15, 0.2) is 0 Å². The first-order valence-corrected chi connectivity index (χ1v) is 12.6. The van der Waals surface area contributed by atoms with Crippen LogP contribution in [0.1, 0.15) is 39.7 Å². The molecule has 2 unspecified atom stereocenters. The van der Waals surface area contributed by atoms with Gasteiger partial charge in [0.25, 0.3) is 0 Å². The second-order valence-corrected chi connectivity index (χ2v) is 10.4. The minimum atomic E-state index is -3.88. The summed E-state index contributed by atoms with van der Waals surface area (Å²) in [7, 11) is 0. The van der Waals surface area contributed by atoms with Crippen molar-refractivity contribution < 1.29 is 13.5 Å². The molecule has 0 saturated carbocycles. The Morgan fingerprint density at radius 1 is 1.21 bits per heavy atom. The van der Waals surface area contributed by atoms with E-state index in [4.69, 9.17) is 6.42 Å². The lowest BCUT2D eigenvalue weighted by atomic mass is 9.91. The molecule has 1 heterocycles. The van der Waals surface area contributed by atoms with Crippen LogP contribution in [0.4, 0.5) is 8.63 Å². The van der Waals surface area contributed by atoms with Crippen molar-refractivity contribution in [2.24, 2.45) is 0 Å². The Morgan fingerprint density at radius 2 is 1.91 bits per heavy atom. The summed E-state index contributed by atoms with van der Waals surface area (Å²) in [5.41, 5.74) is 3.73. The van der Waals surface area contributed by atoms with Crippen LogP contribution >= 0.6 is 22.6 Å². The molecule has 3 aromatic rings. The van der Waals surface area contributed by atoms with Crippen molar-refractivity contribution in [3.63, 3.8) is 0 Å². The second-order valence-electron chi connectivity index (χ2n) is 8.49. The third-order valence-corrected chi connectivity index (χ3v) is 6.97. The fraction of sp³-hybridized carbons (Fsp3) is 0.346. The molecule has 0 fully saturated rings. The highest BCUT2D eigenvalue weighted by Gasteiger charge is 2.44. The van der Waals surface area contributed by atoms with Gasteiger partial charge in [-0.3, -0.25) is 0 Å². The molecule has 3 rings (SSSR count). The summed E-state index contributed by atoms with van der Waals surface area (Å²) >= 11 is 2.15. The fourth-order valence-electron chi connectivity index (χ4n) is 4.19. The highest BCUT2D eigenvalue weighted by atomic mass is 127. The molecule has 0 radical (unpaired) electrons. The van der Waals surface area contributed by atoms with E-state index in [0.717, 1.165) is 27.4 Å². The average molecular weight is 561 g/mol. The van der Waals surface area contributed by atoms with E-state index in [1.54, 1.807) is 6.92 Å². The van der Waals surface area contributed by atoms with Crippen LogP contribution in [0.5, 0.6) is 0 Å². The van der Waals surface area contributed by atoms with Crippen molar-refractivity contribution in [1.29, 1.82) is 0 Å². The second kappa shape index (κ2) is 10.8. The summed E-state index contributed by atoms with van der Waals surface area (Å²) in [4.78, 5) is 3.76. The number of nitrogens with one attached hydrogen (secondary N) is 1. The quantitative estimate of drug-likeness (QED) is 0.124. The summed E-state index contributed by atoms with van der Waals surface area (Å²) in [6.07, 6.45) is 10.0. The van der Waals surface area contributed by atoms with Crippen molar-refractivity contribution in [3.05, 3.63) is 54.1 Å². The van der Waals surface area contributed by atoms with Crippen molar-refractivity contribution in [2.75, 3.05) is 6.54 Å². The van der Waals surface area contributed by atoms with E-state index in [0.29, 0.717) is 25.2 Å². The minimum Gasteiger partial charge on any atom is -0.396 e. The zero-order valence-electron chi connectivity index (χ0n) is 19.7. The lowest BCUT2D eigenvalue weighted by Gasteiger charge is -2.34. The SMILES string of the molecule is C#CCn1c2ccccc2c2cc(/C=C/C(C)N(CCC)[B-](F)(F)[NH+]=C(C)C(C)I)ccc21. The smallest absolute Gasteiger partial charge is 0.396 e. The Labute approximate surface area is 209 Å². The normalized spacial score (nSPS) is 14.9. The molecule has 33 heavy (non-hydrogen) atoms. The number of hydrogen-bond donors (Lipinski definition) is 1. The van der Waals surface area contributed by atoms with Crippen LogP contribution in [-0.2, 0) is 6.54 Å². The number of rotatable bonds is 9. The average Bonchev–Trinajstić information content (AvgIpc) is 3.09. The molecule has 0 aliphatic heterocycles. The Balaban J connectivity index is 1.94. The number of terminal acetylenes is 1. The molecule has 0 aliphatic rings. The summed E-state index contributed by atoms with van der Waals surface area (Å²) in [5.74, 6) is 2.73. The largest absolute Gasteiger partial charge is 0.696 e. The standard InChI is InChI=1S/C26H31BF2IN3/c1-6-16-32-25-11-9-8-10-23(25)24-18-22(14-15-26(24)32)13-12-19(3)33(17-7-2)27(28,29)31-21(5)20(4)30/h1,8-15,18-20,31H,7,16-17H2,2-5H3/b13-12+,31-21?. The summed E-state index contributed by atoms with van der Waals surface area (Å²) in [6.45, 7) is 4.31. The first-order chi connectivity index (χ1) is 15.7. The number of hydrogen-bond acceptors (Lipinski definition) is 1. The molecule has 0 aliphatic carbocycles. The minimum absolute atomic E-state index is 0.0213. The van der Waals surface area contributed by atoms with Gasteiger partial charge in [-0.05, 0) is 56.6 Å². The van der Waals surface area contributed by atoms with E-state index in [-0.39, 0.29) is 3.92 Å². The van der Waals surface area contributed by atoms with E-state index in [1.165, 1.54) is 4.81 Å². The van der Waals surface area contributed by atoms with Gasteiger partial charge in [-0.25, -0.2) is 0 Å². The Bertz CT molecular complexity index is 1220. The van der Waals surface area contributed by atoms with Crippen LogP contribution in [-0.4, -0.2) is 38.6 Å². The number of nitrogens with zero attached hydrogens (tertiary/aromatic N) is 2. The maximum atomic E-state index is 15.1. The molecule has 1 N–H and O–H groups in total. The summed E-state index contributed by atoms with van der Waals surface area (Å²) < 4.78 is 32.4. The van der Waals surface area contributed by atoms with Crippen molar-refractivity contribution in [2.45, 2.75) is 50.6 Å². The first-order valence-electron chi connectivity index (χ1n) is 11.4. The Kier molecular flexibility index (Phi) is 8.36. The maximum absolute atomic E-state index is 15.1. The van der Waals surface area contributed by atoms with Gasteiger partial charge < -0.3 is 22.9 Å². The van der Waals surface area contributed by atoms with Crippen LogP contribution < -0.4 is 4.90 Å². The van der Waals surface area contributed by atoms with Gasteiger partial charge in [-0.15, -0.1) is 6.42 Å². The van der Waals surface area contributed by atoms with E-state index in [9.17, 15) is 0 Å². The molecule has 7 heteroatoms. The molecule has 174 valence electrons. The van der Waals surface area contributed by atoms with Crippen LogP contribution in [0.25, 0.3) is 27.9 Å². The van der Waals surface area contributed by atoms with Crippen LogP contribution in [0, 0.1) is 12.3 Å². The van der Waals surface area contributed by atoms with Crippen molar-refractivity contribution in [1.82, 2.24) is 9.38 Å². The lowest BCUT2D eigenvalue weighted by Crippen LogP contribution is -2.94. The Morgan fingerprint density at radius 3 is 2.58 bits per heavy atom. The van der Waals surface area contributed by atoms with Gasteiger partial charge >= 0.3 is 6.97 Å². The van der Waals surface area contributed by atoms with Gasteiger partial charge in [0, 0.05) is 23.2 Å². The number of alkyl halides is 1. The molecular weight excluding hydrogens is 530 g/mol. The Hall–Kier alpha value is -2.18. The molecule has 1 aromatic heterocycles. The highest BCUT2D eigenvalue weighted by molar-refractivity contribution is 14.1. The topological polar surface area (TPSA) is 22.1 Å². The molecule has 2 atom stereocenters. The molecule has 2 aromatic carbocycles. The van der Waals surface area contributed by atoms with Crippen molar-refractivity contribution >= 4 is 63.2 Å². The molecule has 3 nitrogen and oxygen atoms in total. The third kappa shape index (κ3) is 5.67. The van der Waals surface area contributed by atoms with E-state index < -0.39 is 13.0 Å². The number of para-hydroxylation sites is 1. The van der Waals surface area contributed by atoms with E-state index in [2.05, 4.69) is 62.2 Å². The summed E-state index contributed by atoms with van der Waals surface area (Å²) in [5, 5.41) is 2.25. The maximum Gasteiger partial charge on any atom is 0.696 e. The molecule has 0 saturated heterocycles. The van der Waals surface area contributed by atoms with Crippen molar-refractivity contribution in [3.8, 4) is 12.3 Å². The predicted molar refractivity (Wildman–Crippen MR) is 147 cm³/mol. The molecule has 0 amide bonds. The fourth-order valence-corrected chi connectivity index (χ4v) is 4.37. The van der Waals surface area contributed by atoms with Crippen LogP contribution in [0.2, 0.25) is 0 Å². The first kappa shape index (κ1) is 25.4. The van der Waals surface area contributed by atoms with E-state index in [1.807, 2.05) is 51.1 Å². The molecule has 0 spiro atoms. The van der Waals surface area contributed by atoms with Gasteiger partial charge in [0.2, 0.25) is 0 Å². The van der Waals surface area contributed by atoms with E-state index >= 15 is 8.63 Å². The van der Waals surface area contributed by atoms with Gasteiger partial charge in [-0.2, -0.15) is 0 Å². The third-order valence-electron chi connectivity index (χ3n) is 6.03. The number of aromatic nitrogens is 1. The van der Waals surface area contributed by atoms with Gasteiger partial charge in [-0.1, -0.05) is 71.9 Å². The highest BCUT2D eigenvalue weighted by Crippen LogP contribution is 2.30. The lowest BCUT2D eigenvalue weighted by molar-refractivity contribution is -0.354. The van der Waals surface area contributed by atoms with Gasteiger partial charge in [0.05, 0.1) is 16.0 Å². The zero-order valence-corrected chi connectivity index (χ0v) is 21.8. The monoisotopic (exact) mass is 561 g/mol. The molecular formula is C26H31BF2IN3. The number of benzene rings is 2. The van der Waals surface area contributed by atoms with Crippen LogP contribution in [0.3, 0.4) is 0 Å². The number of fused-ring (bicyclic) bond motifs is 3. The summed E-state index contributed by atoms with van der Waals surface area (Å²) in [6, 6.07) is 13.9.